The fraction of sp³-hybridized carbons (Fsp3) is 0.409. The average Bonchev–Trinajstić information content (AvgIpc) is 2.65. The van der Waals surface area contributed by atoms with Crippen LogP contribution in [0.1, 0.15) is 27.7 Å². The summed E-state index contributed by atoms with van der Waals surface area (Å²) in [6, 6.07) is 9.75. The SMILES string of the molecule is CC(=O)N1c2cc(N)c(-c3ccc(S(C)(=O)=O)cc3)cc2N(C(O)OC(C)C)C[C@@H]1C. The number of carbonyl (C=O) groups is 1. The Kier molecular flexibility index (Phi) is 6.31. The number of amides is 1. The van der Waals surface area contributed by atoms with Crippen LogP contribution in [0.2, 0.25) is 0 Å². The molecule has 1 aliphatic heterocycles. The maximum absolute atomic E-state index is 12.3. The summed E-state index contributed by atoms with van der Waals surface area (Å²) in [4.78, 5) is 15.9. The number of aliphatic hydroxyl groups excluding tert-OH is 1. The van der Waals surface area contributed by atoms with Crippen LogP contribution in [0.5, 0.6) is 0 Å². The first-order valence-electron chi connectivity index (χ1n) is 10.0. The van der Waals surface area contributed by atoms with Crippen LogP contribution in [0, 0.1) is 0 Å². The van der Waals surface area contributed by atoms with Crippen molar-refractivity contribution < 1.29 is 23.1 Å². The van der Waals surface area contributed by atoms with Gasteiger partial charge in [-0.3, -0.25) is 4.79 Å². The summed E-state index contributed by atoms with van der Waals surface area (Å²) in [5, 5.41) is 10.7. The van der Waals surface area contributed by atoms with E-state index in [-0.39, 0.29) is 22.9 Å². The molecule has 0 bridgehead atoms. The molecule has 3 N–H and O–H groups in total. The molecular weight excluding hydrogens is 418 g/mol. The number of hydrogen-bond acceptors (Lipinski definition) is 7. The zero-order chi connectivity index (χ0) is 23.1. The lowest BCUT2D eigenvalue weighted by atomic mass is 9.99. The predicted octanol–water partition coefficient (Wildman–Crippen LogP) is 2.60. The third-order valence-electron chi connectivity index (χ3n) is 5.21. The van der Waals surface area contributed by atoms with E-state index in [9.17, 15) is 18.3 Å². The smallest absolute Gasteiger partial charge is 0.238 e. The van der Waals surface area contributed by atoms with Crippen LogP contribution >= 0.6 is 0 Å². The van der Waals surface area contributed by atoms with Crippen molar-refractivity contribution in [2.45, 2.75) is 51.2 Å². The van der Waals surface area contributed by atoms with Crippen molar-refractivity contribution in [1.29, 1.82) is 0 Å². The first-order chi connectivity index (χ1) is 14.4. The van der Waals surface area contributed by atoms with E-state index < -0.39 is 16.3 Å². The molecule has 1 aliphatic rings. The van der Waals surface area contributed by atoms with E-state index >= 15 is 0 Å². The van der Waals surface area contributed by atoms with Crippen LogP contribution in [-0.4, -0.2) is 50.8 Å². The molecule has 0 spiro atoms. The van der Waals surface area contributed by atoms with Crippen molar-refractivity contribution >= 4 is 32.8 Å². The number of nitrogens with two attached hydrogens (primary N) is 1. The van der Waals surface area contributed by atoms with Crippen molar-refractivity contribution in [3.8, 4) is 11.1 Å². The highest BCUT2D eigenvalue weighted by Gasteiger charge is 2.35. The highest BCUT2D eigenvalue weighted by molar-refractivity contribution is 7.90. The second-order valence-corrected chi connectivity index (χ2v) is 10.1. The van der Waals surface area contributed by atoms with E-state index in [1.165, 1.54) is 19.1 Å². The van der Waals surface area contributed by atoms with Crippen LogP contribution in [0.15, 0.2) is 41.3 Å². The van der Waals surface area contributed by atoms with Gasteiger partial charge >= 0.3 is 0 Å². The molecule has 0 aromatic heterocycles. The van der Waals surface area contributed by atoms with Gasteiger partial charge in [0.2, 0.25) is 12.3 Å². The maximum atomic E-state index is 12.3. The Labute approximate surface area is 183 Å². The Morgan fingerprint density at radius 1 is 1.19 bits per heavy atom. The Morgan fingerprint density at radius 3 is 2.32 bits per heavy atom. The molecule has 2 aromatic rings. The van der Waals surface area contributed by atoms with Gasteiger partial charge in [0.15, 0.2) is 9.84 Å². The number of rotatable bonds is 5. The quantitative estimate of drug-likeness (QED) is 0.535. The van der Waals surface area contributed by atoms with Gasteiger partial charge in [0, 0.05) is 31.0 Å². The minimum absolute atomic E-state index is 0.127. The van der Waals surface area contributed by atoms with Gasteiger partial charge in [-0.05, 0) is 50.6 Å². The highest BCUT2D eigenvalue weighted by atomic mass is 32.2. The Balaban J connectivity index is 2.14. The Bertz CT molecular complexity index is 1080. The first kappa shape index (κ1) is 23.1. The van der Waals surface area contributed by atoms with E-state index in [0.29, 0.717) is 29.2 Å². The van der Waals surface area contributed by atoms with E-state index in [1.54, 1.807) is 34.1 Å². The highest BCUT2D eigenvalue weighted by Crippen LogP contribution is 2.42. The fourth-order valence-electron chi connectivity index (χ4n) is 3.86. The van der Waals surface area contributed by atoms with E-state index in [2.05, 4.69) is 0 Å². The van der Waals surface area contributed by atoms with Crippen LogP contribution < -0.4 is 15.5 Å². The summed E-state index contributed by atoms with van der Waals surface area (Å²) in [7, 11) is -3.31. The second kappa shape index (κ2) is 8.49. The third kappa shape index (κ3) is 4.68. The molecule has 0 saturated heterocycles. The lowest BCUT2D eigenvalue weighted by Gasteiger charge is -2.44. The van der Waals surface area contributed by atoms with Crippen LogP contribution in [0.3, 0.4) is 0 Å². The number of carbonyl (C=O) groups excluding carboxylic acids is 1. The lowest BCUT2D eigenvalue weighted by Crippen LogP contribution is -2.53. The molecule has 0 saturated carbocycles. The minimum atomic E-state index is -3.31. The largest absolute Gasteiger partial charge is 0.398 e. The van der Waals surface area contributed by atoms with Crippen molar-refractivity contribution in [1.82, 2.24) is 0 Å². The topological polar surface area (TPSA) is 113 Å². The number of sulfone groups is 1. The number of anilines is 3. The predicted molar refractivity (Wildman–Crippen MR) is 122 cm³/mol. The molecule has 0 fully saturated rings. The van der Waals surface area contributed by atoms with Crippen molar-refractivity contribution in [3.05, 3.63) is 36.4 Å². The van der Waals surface area contributed by atoms with Gasteiger partial charge < -0.3 is 25.4 Å². The Hall–Kier alpha value is -2.62. The normalized spacial score (nSPS) is 17.6. The molecular formula is C22H29N3O5S. The molecule has 168 valence electrons. The summed E-state index contributed by atoms with van der Waals surface area (Å²) < 4.78 is 29.1. The van der Waals surface area contributed by atoms with E-state index in [0.717, 1.165) is 11.8 Å². The molecule has 31 heavy (non-hydrogen) atoms. The molecule has 0 radical (unpaired) electrons. The van der Waals surface area contributed by atoms with Gasteiger partial charge in [-0.2, -0.15) is 0 Å². The number of hydrogen-bond donors (Lipinski definition) is 2. The van der Waals surface area contributed by atoms with Gasteiger partial charge in [-0.25, -0.2) is 8.42 Å². The zero-order valence-electron chi connectivity index (χ0n) is 18.4. The number of fused-ring (bicyclic) bond motifs is 1. The molecule has 2 atom stereocenters. The molecule has 1 unspecified atom stereocenters. The molecule has 3 rings (SSSR count). The fourth-order valence-corrected chi connectivity index (χ4v) is 4.49. The van der Waals surface area contributed by atoms with E-state index in [4.69, 9.17) is 10.5 Å². The number of ether oxygens (including phenoxy) is 1. The average molecular weight is 448 g/mol. The second-order valence-electron chi connectivity index (χ2n) is 8.13. The summed E-state index contributed by atoms with van der Waals surface area (Å²) in [6.45, 7) is 7.42. The summed E-state index contributed by atoms with van der Waals surface area (Å²) in [5.74, 6) is -0.127. The van der Waals surface area contributed by atoms with Gasteiger partial charge in [0.05, 0.1) is 28.4 Å². The standard InChI is InChI=1S/C22H29N3O5S/c1-13(2)30-22(27)24-12-14(3)25(15(4)26)21-11-19(23)18(10-20(21)24)16-6-8-17(9-7-16)31(5,28)29/h6-11,13-14,22,27H,12,23H2,1-5H3/t14-,22?/m0/s1. The third-order valence-corrected chi connectivity index (χ3v) is 6.34. The first-order valence-corrected chi connectivity index (χ1v) is 11.9. The summed E-state index contributed by atoms with van der Waals surface area (Å²) in [6.07, 6.45) is -0.239. The molecule has 1 heterocycles. The molecule has 0 aliphatic carbocycles. The molecule has 9 heteroatoms. The lowest BCUT2D eigenvalue weighted by molar-refractivity contribution is -0.127. The van der Waals surface area contributed by atoms with Gasteiger partial charge in [-0.15, -0.1) is 0 Å². The van der Waals surface area contributed by atoms with Gasteiger partial charge in [0.25, 0.3) is 0 Å². The molecule has 1 amide bonds. The van der Waals surface area contributed by atoms with Crippen molar-refractivity contribution in [3.63, 3.8) is 0 Å². The number of nitrogens with zero attached hydrogens (tertiary/aromatic N) is 2. The zero-order valence-corrected chi connectivity index (χ0v) is 19.2. The molecule has 2 aromatic carbocycles. The maximum Gasteiger partial charge on any atom is 0.238 e. The van der Waals surface area contributed by atoms with Crippen molar-refractivity contribution in [2.24, 2.45) is 0 Å². The van der Waals surface area contributed by atoms with E-state index in [1.807, 2.05) is 20.8 Å². The Morgan fingerprint density at radius 2 is 1.81 bits per heavy atom. The van der Waals surface area contributed by atoms with Crippen LogP contribution in [0.4, 0.5) is 17.1 Å². The summed E-state index contributed by atoms with van der Waals surface area (Å²) in [5.41, 5.74) is 9.36. The van der Waals surface area contributed by atoms with Crippen molar-refractivity contribution in [2.75, 3.05) is 28.3 Å². The van der Waals surface area contributed by atoms with Crippen LogP contribution in [0.25, 0.3) is 11.1 Å². The number of nitrogen functional groups attached to an aromatic ring is 1. The number of aliphatic hydroxyl groups is 1. The monoisotopic (exact) mass is 447 g/mol. The summed E-state index contributed by atoms with van der Waals surface area (Å²) >= 11 is 0. The van der Waals surface area contributed by atoms with Gasteiger partial charge in [0.1, 0.15) is 0 Å². The van der Waals surface area contributed by atoms with Gasteiger partial charge in [-0.1, -0.05) is 12.1 Å². The number of benzene rings is 2. The van der Waals surface area contributed by atoms with Crippen LogP contribution in [-0.2, 0) is 19.4 Å². The minimum Gasteiger partial charge on any atom is -0.398 e. The molecule has 8 nitrogen and oxygen atoms in total.